The maximum atomic E-state index is 12.9. The van der Waals surface area contributed by atoms with E-state index >= 15 is 0 Å². The Kier molecular flexibility index (Phi) is 5.91. The summed E-state index contributed by atoms with van der Waals surface area (Å²) in [7, 11) is 0. The third-order valence-corrected chi connectivity index (χ3v) is 4.77. The molecule has 2 aromatic rings. The van der Waals surface area contributed by atoms with Crippen molar-refractivity contribution in [3.05, 3.63) is 65.7 Å². The summed E-state index contributed by atoms with van der Waals surface area (Å²) in [5.74, 6) is -0.0983. The lowest BCUT2D eigenvalue weighted by atomic mass is 10.0. The lowest BCUT2D eigenvalue weighted by Gasteiger charge is -2.42. The van der Waals surface area contributed by atoms with Gasteiger partial charge in [0.2, 0.25) is 5.91 Å². The summed E-state index contributed by atoms with van der Waals surface area (Å²) in [5, 5.41) is 2.90. The van der Waals surface area contributed by atoms with E-state index in [2.05, 4.69) is 5.32 Å². The van der Waals surface area contributed by atoms with E-state index in [-0.39, 0.29) is 17.4 Å². The third kappa shape index (κ3) is 4.95. The summed E-state index contributed by atoms with van der Waals surface area (Å²) >= 11 is 0. The van der Waals surface area contributed by atoms with E-state index in [9.17, 15) is 9.59 Å². The van der Waals surface area contributed by atoms with Crippen molar-refractivity contribution >= 4 is 17.5 Å². The maximum Gasteiger partial charge on any atom is 0.254 e. The van der Waals surface area contributed by atoms with Crippen molar-refractivity contribution in [1.29, 1.82) is 0 Å². The van der Waals surface area contributed by atoms with E-state index in [1.54, 1.807) is 18.2 Å². The number of aryl methyl sites for hydroxylation is 1. The van der Waals surface area contributed by atoms with Crippen molar-refractivity contribution in [2.24, 2.45) is 0 Å². The Labute approximate surface area is 160 Å². The molecule has 0 saturated carbocycles. The molecule has 0 atom stereocenters. The van der Waals surface area contributed by atoms with Crippen LogP contribution in [0.5, 0.6) is 0 Å². The normalized spacial score (nSPS) is 16.0. The number of hydrogen-bond donors (Lipinski definition) is 1. The number of hydrogen-bond acceptors (Lipinski definition) is 3. The summed E-state index contributed by atoms with van der Waals surface area (Å²) in [5.41, 5.74) is 2.01. The van der Waals surface area contributed by atoms with Gasteiger partial charge in [0, 0.05) is 24.2 Å². The van der Waals surface area contributed by atoms with E-state index in [0.717, 1.165) is 5.56 Å². The number of morpholine rings is 1. The first-order valence-electron chi connectivity index (χ1n) is 9.29. The molecule has 0 unspecified atom stereocenters. The Bertz CT molecular complexity index is 802. The van der Waals surface area contributed by atoms with E-state index in [1.165, 1.54) is 0 Å². The summed E-state index contributed by atoms with van der Waals surface area (Å²) in [6.07, 6.45) is 1.09. The van der Waals surface area contributed by atoms with Crippen molar-refractivity contribution < 1.29 is 14.3 Å². The molecule has 0 radical (unpaired) electrons. The van der Waals surface area contributed by atoms with Gasteiger partial charge in [0.1, 0.15) is 0 Å². The van der Waals surface area contributed by atoms with Gasteiger partial charge >= 0.3 is 0 Å². The van der Waals surface area contributed by atoms with E-state index in [0.29, 0.717) is 43.9 Å². The van der Waals surface area contributed by atoms with Gasteiger partial charge in [-0.3, -0.25) is 9.59 Å². The van der Waals surface area contributed by atoms with Crippen LogP contribution in [0.2, 0.25) is 0 Å². The van der Waals surface area contributed by atoms with Crippen LogP contribution in [0.3, 0.4) is 0 Å². The molecule has 0 bridgehead atoms. The Morgan fingerprint density at radius 2 is 1.89 bits per heavy atom. The standard InChI is InChI=1S/C22H26N2O3/c1-22(2)16-27-14-13-24(22)21(26)18-9-6-10-19(15-18)23-20(25)12-11-17-7-4-3-5-8-17/h3-10,15H,11-14,16H2,1-2H3,(H,23,25). The maximum absolute atomic E-state index is 12.9. The van der Waals surface area contributed by atoms with Gasteiger partial charge in [-0.15, -0.1) is 0 Å². The van der Waals surface area contributed by atoms with Crippen molar-refractivity contribution in [1.82, 2.24) is 4.90 Å². The van der Waals surface area contributed by atoms with E-state index in [4.69, 9.17) is 4.74 Å². The summed E-state index contributed by atoms with van der Waals surface area (Å²) < 4.78 is 5.49. The average molecular weight is 366 g/mol. The largest absolute Gasteiger partial charge is 0.377 e. The smallest absolute Gasteiger partial charge is 0.254 e. The van der Waals surface area contributed by atoms with Gasteiger partial charge in [-0.05, 0) is 44.0 Å². The van der Waals surface area contributed by atoms with Gasteiger partial charge in [-0.2, -0.15) is 0 Å². The zero-order valence-electron chi connectivity index (χ0n) is 15.9. The Morgan fingerprint density at radius 3 is 2.63 bits per heavy atom. The highest BCUT2D eigenvalue weighted by Crippen LogP contribution is 2.23. The van der Waals surface area contributed by atoms with Crippen LogP contribution >= 0.6 is 0 Å². The molecule has 1 aliphatic rings. The van der Waals surface area contributed by atoms with Gasteiger partial charge in [0.05, 0.1) is 18.8 Å². The second-order valence-electron chi connectivity index (χ2n) is 7.44. The Hall–Kier alpha value is -2.66. The predicted octanol–water partition coefficient (Wildman–Crippen LogP) is 3.51. The fourth-order valence-electron chi connectivity index (χ4n) is 3.25. The molecule has 27 heavy (non-hydrogen) atoms. The molecule has 2 amide bonds. The van der Waals surface area contributed by atoms with Gasteiger partial charge in [0.25, 0.3) is 5.91 Å². The number of benzene rings is 2. The second kappa shape index (κ2) is 8.35. The van der Waals surface area contributed by atoms with Crippen LogP contribution in [0, 0.1) is 0 Å². The molecule has 1 N–H and O–H groups in total. The third-order valence-electron chi connectivity index (χ3n) is 4.77. The van der Waals surface area contributed by atoms with Crippen molar-refractivity contribution in [3.63, 3.8) is 0 Å². The van der Waals surface area contributed by atoms with Gasteiger partial charge < -0.3 is 15.0 Å². The second-order valence-corrected chi connectivity index (χ2v) is 7.44. The molecule has 0 aromatic heterocycles. The summed E-state index contributed by atoms with van der Waals surface area (Å²) in [6.45, 7) is 5.64. The first-order valence-corrected chi connectivity index (χ1v) is 9.29. The summed E-state index contributed by atoms with van der Waals surface area (Å²) in [4.78, 5) is 27.0. The average Bonchev–Trinajstić information content (AvgIpc) is 2.66. The van der Waals surface area contributed by atoms with Crippen LogP contribution in [0.4, 0.5) is 5.69 Å². The molecule has 1 aliphatic heterocycles. The monoisotopic (exact) mass is 366 g/mol. The first kappa shape index (κ1) is 19.1. The fraction of sp³-hybridized carbons (Fsp3) is 0.364. The SMILES string of the molecule is CC1(C)COCCN1C(=O)c1cccc(NC(=O)CCc2ccccc2)c1. The molecule has 1 heterocycles. The lowest BCUT2D eigenvalue weighted by Crippen LogP contribution is -2.55. The molecule has 2 aromatic carbocycles. The number of carbonyl (C=O) groups is 2. The number of nitrogens with zero attached hydrogens (tertiary/aromatic N) is 1. The zero-order valence-corrected chi connectivity index (χ0v) is 15.9. The quantitative estimate of drug-likeness (QED) is 0.881. The number of amides is 2. The number of anilines is 1. The predicted molar refractivity (Wildman–Crippen MR) is 106 cm³/mol. The molecular weight excluding hydrogens is 340 g/mol. The topological polar surface area (TPSA) is 58.6 Å². The highest BCUT2D eigenvalue weighted by molar-refractivity contribution is 5.97. The van der Waals surface area contributed by atoms with E-state index < -0.39 is 0 Å². The number of nitrogens with one attached hydrogen (secondary N) is 1. The number of rotatable bonds is 5. The summed E-state index contributed by atoms with van der Waals surface area (Å²) in [6, 6.07) is 17.1. The highest BCUT2D eigenvalue weighted by Gasteiger charge is 2.34. The van der Waals surface area contributed by atoms with Crippen molar-refractivity contribution in [3.8, 4) is 0 Å². The molecule has 1 fully saturated rings. The molecular formula is C22H26N2O3. The Morgan fingerprint density at radius 1 is 1.11 bits per heavy atom. The van der Waals surface area contributed by atoms with Crippen molar-refractivity contribution in [2.75, 3.05) is 25.1 Å². The minimum atomic E-state index is -0.343. The molecule has 142 valence electrons. The number of carbonyl (C=O) groups excluding carboxylic acids is 2. The molecule has 0 spiro atoms. The van der Waals surface area contributed by atoms with Crippen LogP contribution in [0.1, 0.15) is 36.2 Å². The minimum absolute atomic E-state index is 0.0383. The van der Waals surface area contributed by atoms with Crippen LogP contribution in [0.15, 0.2) is 54.6 Å². The van der Waals surface area contributed by atoms with Gasteiger partial charge in [-0.25, -0.2) is 0 Å². The lowest BCUT2D eigenvalue weighted by molar-refractivity contribution is -0.116. The minimum Gasteiger partial charge on any atom is -0.377 e. The van der Waals surface area contributed by atoms with Crippen LogP contribution in [0.25, 0.3) is 0 Å². The zero-order chi connectivity index (χ0) is 19.3. The molecule has 1 saturated heterocycles. The fourth-order valence-corrected chi connectivity index (χ4v) is 3.25. The van der Waals surface area contributed by atoms with Crippen molar-refractivity contribution in [2.45, 2.75) is 32.2 Å². The first-order chi connectivity index (χ1) is 13.0. The number of ether oxygens (including phenoxy) is 1. The highest BCUT2D eigenvalue weighted by atomic mass is 16.5. The Balaban J connectivity index is 1.63. The van der Waals surface area contributed by atoms with Gasteiger partial charge in [0.15, 0.2) is 0 Å². The van der Waals surface area contributed by atoms with Crippen LogP contribution < -0.4 is 5.32 Å². The molecule has 5 heteroatoms. The van der Waals surface area contributed by atoms with Crippen LogP contribution in [-0.2, 0) is 16.0 Å². The molecule has 0 aliphatic carbocycles. The van der Waals surface area contributed by atoms with Crippen LogP contribution in [-0.4, -0.2) is 42.0 Å². The van der Waals surface area contributed by atoms with E-state index in [1.807, 2.05) is 55.1 Å². The van der Waals surface area contributed by atoms with Gasteiger partial charge in [-0.1, -0.05) is 36.4 Å². The molecule has 5 nitrogen and oxygen atoms in total. The molecule has 3 rings (SSSR count).